The zero-order valence-electron chi connectivity index (χ0n) is 18.3. The molecule has 0 unspecified atom stereocenters. The van der Waals surface area contributed by atoms with Crippen LogP contribution in [0.25, 0.3) is 22.2 Å². The Hall–Kier alpha value is -4.38. The number of hydrogen-bond acceptors (Lipinski definition) is 5. The van der Waals surface area contributed by atoms with Gasteiger partial charge in [-0.2, -0.15) is 5.10 Å². The average Bonchev–Trinajstić information content (AvgIpc) is 3.54. The summed E-state index contributed by atoms with van der Waals surface area (Å²) in [5.74, 6) is 1.67. The van der Waals surface area contributed by atoms with Crippen molar-refractivity contribution in [3.05, 3.63) is 120 Å². The lowest BCUT2D eigenvalue weighted by Gasteiger charge is -2.38. The second-order valence-electron chi connectivity index (χ2n) is 8.67. The van der Waals surface area contributed by atoms with Gasteiger partial charge in [0.05, 0.1) is 17.1 Å². The standard InChI is InChI=1S/C29H21N3O2/c1-3-9-19(10-4-1)25-18-26-22-13-7-8-14-27(22)33-29(32(26)30-25)21-15-16-24-23(17-21)28(34-31-24)20-11-5-2-6-12-20/h1-17,26,29H,18H2/t26-,29+/m0/s1. The van der Waals surface area contributed by atoms with Crippen LogP contribution < -0.4 is 4.74 Å². The first-order valence-corrected chi connectivity index (χ1v) is 11.5. The van der Waals surface area contributed by atoms with Gasteiger partial charge in [-0.3, -0.25) is 0 Å². The number of hydrogen-bond donors (Lipinski definition) is 0. The monoisotopic (exact) mass is 443 g/mol. The van der Waals surface area contributed by atoms with Crippen LogP contribution in [0.5, 0.6) is 5.75 Å². The summed E-state index contributed by atoms with van der Waals surface area (Å²) >= 11 is 0. The van der Waals surface area contributed by atoms with Crippen LogP contribution in [0.15, 0.2) is 113 Å². The van der Waals surface area contributed by atoms with Crippen LogP contribution in [0.3, 0.4) is 0 Å². The molecule has 7 rings (SSSR count). The molecular weight excluding hydrogens is 422 g/mol. The van der Waals surface area contributed by atoms with Crippen molar-refractivity contribution in [1.29, 1.82) is 0 Å². The summed E-state index contributed by atoms with van der Waals surface area (Å²) in [5.41, 5.74) is 6.24. The Kier molecular flexibility index (Phi) is 4.27. The third kappa shape index (κ3) is 3.01. The summed E-state index contributed by atoms with van der Waals surface area (Å²) < 4.78 is 12.3. The minimum absolute atomic E-state index is 0.122. The zero-order chi connectivity index (χ0) is 22.5. The van der Waals surface area contributed by atoms with E-state index < -0.39 is 0 Å². The quantitative estimate of drug-likeness (QED) is 0.310. The highest BCUT2D eigenvalue weighted by atomic mass is 16.5. The SMILES string of the molecule is c1ccc(C2=NN3[C@@H](c4ccc5noc(-c6ccccc6)c5c4)Oc4ccccc4[C@@H]3C2)cc1. The minimum atomic E-state index is -0.343. The molecule has 0 radical (unpaired) electrons. The van der Waals surface area contributed by atoms with Gasteiger partial charge in [-0.05, 0) is 23.8 Å². The van der Waals surface area contributed by atoms with E-state index >= 15 is 0 Å². The van der Waals surface area contributed by atoms with E-state index in [1.54, 1.807) is 0 Å². The number of benzene rings is 4. The Morgan fingerprint density at radius 2 is 1.50 bits per heavy atom. The maximum atomic E-state index is 6.56. The highest BCUT2D eigenvalue weighted by Crippen LogP contribution is 2.47. The van der Waals surface area contributed by atoms with Gasteiger partial charge in [0, 0.05) is 23.1 Å². The number of hydrazone groups is 1. The van der Waals surface area contributed by atoms with Gasteiger partial charge in [0.2, 0.25) is 6.23 Å². The molecule has 3 heterocycles. The lowest BCUT2D eigenvalue weighted by molar-refractivity contribution is -0.0189. The van der Waals surface area contributed by atoms with E-state index in [0.717, 1.165) is 51.2 Å². The first-order chi connectivity index (χ1) is 16.8. The topological polar surface area (TPSA) is 50.9 Å². The molecule has 0 N–H and O–H groups in total. The molecule has 0 saturated heterocycles. The maximum Gasteiger partial charge on any atom is 0.213 e. The average molecular weight is 444 g/mol. The third-order valence-corrected chi connectivity index (χ3v) is 6.63. The second-order valence-corrected chi connectivity index (χ2v) is 8.67. The van der Waals surface area contributed by atoms with Gasteiger partial charge in [0.15, 0.2) is 5.76 Å². The van der Waals surface area contributed by atoms with E-state index in [9.17, 15) is 0 Å². The Labute approximate surface area is 196 Å². The van der Waals surface area contributed by atoms with Gasteiger partial charge >= 0.3 is 0 Å². The van der Waals surface area contributed by atoms with Crippen LogP contribution in [0.1, 0.15) is 35.4 Å². The van der Waals surface area contributed by atoms with Gasteiger partial charge in [-0.15, -0.1) is 0 Å². The molecule has 5 nitrogen and oxygen atoms in total. The molecule has 5 aromatic rings. The first-order valence-electron chi connectivity index (χ1n) is 11.5. The Morgan fingerprint density at radius 1 is 0.765 bits per heavy atom. The molecule has 4 aromatic carbocycles. The number of rotatable bonds is 3. The molecule has 2 aliphatic heterocycles. The van der Waals surface area contributed by atoms with Crippen molar-refractivity contribution >= 4 is 16.6 Å². The fraction of sp³-hybridized carbons (Fsp3) is 0.103. The van der Waals surface area contributed by atoms with Gasteiger partial charge in [-0.1, -0.05) is 90.1 Å². The Bertz CT molecular complexity index is 1530. The third-order valence-electron chi connectivity index (χ3n) is 6.63. The van der Waals surface area contributed by atoms with Crippen molar-refractivity contribution in [3.63, 3.8) is 0 Å². The predicted octanol–water partition coefficient (Wildman–Crippen LogP) is 6.74. The summed E-state index contributed by atoms with van der Waals surface area (Å²) in [7, 11) is 0. The van der Waals surface area contributed by atoms with Crippen LogP contribution in [0.2, 0.25) is 0 Å². The lowest BCUT2D eigenvalue weighted by atomic mass is 9.95. The summed E-state index contributed by atoms with van der Waals surface area (Å²) in [6, 6.07) is 35.0. The van der Waals surface area contributed by atoms with Crippen molar-refractivity contribution in [2.24, 2.45) is 5.10 Å². The van der Waals surface area contributed by atoms with Crippen LogP contribution in [-0.2, 0) is 0 Å². The summed E-state index contributed by atoms with van der Waals surface area (Å²) in [6.45, 7) is 0. The molecular formula is C29H21N3O2. The molecule has 1 aromatic heterocycles. The number of nitrogens with zero attached hydrogens (tertiary/aromatic N) is 3. The molecule has 2 atom stereocenters. The highest BCUT2D eigenvalue weighted by molar-refractivity contribution is 6.02. The number of para-hydroxylation sites is 1. The Balaban J connectivity index is 1.35. The van der Waals surface area contributed by atoms with Crippen LogP contribution in [0.4, 0.5) is 0 Å². The van der Waals surface area contributed by atoms with E-state index in [4.69, 9.17) is 14.4 Å². The highest BCUT2D eigenvalue weighted by Gasteiger charge is 2.41. The molecule has 0 spiro atoms. The number of aromatic nitrogens is 1. The second kappa shape index (κ2) is 7.59. The van der Waals surface area contributed by atoms with Crippen LogP contribution in [-0.4, -0.2) is 15.9 Å². The van der Waals surface area contributed by atoms with E-state index in [-0.39, 0.29) is 12.3 Å². The van der Waals surface area contributed by atoms with Crippen molar-refractivity contribution in [1.82, 2.24) is 10.2 Å². The van der Waals surface area contributed by atoms with Gasteiger partial charge in [-0.25, -0.2) is 5.01 Å². The van der Waals surface area contributed by atoms with Crippen molar-refractivity contribution in [2.45, 2.75) is 18.7 Å². The largest absolute Gasteiger partial charge is 0.464 e. The van der Waals surface area contributed by atoms with Gasteiger partial charge in [0.1, 0.15) is 11.3 Å². The van der Waals surface area contributed by atoms with Gasteiger partial charge < -0.3 is 9.26 Å². The van der Waals surface area contributed by atoms with Crippen molar-refractivity contribution in [2.75, 3.05) is 0 Å². The Morgan fingerprint density at radius 3 is 2.32 bits per heavy atom. The molecule has 0 saturated carbocycles. The van der Waals surface area contributed by atoms with E-state index in [2.05, 4.69) is 58.7 Å². The van der Waals surface area contributed by atoms with Crippen molar-refractivity contribution in [3.8, 4) is 17.1 Å². The molecule has 5 heteroatoms. The van der Waals surface area contributed by atoms with Crippen LogP contribution in [0, 0.1) is 0 Å². The minimum Gasteiger partial charge on any atom is -0.464 e. The summed E-state index contributed by atoms with van der Waals surface area (Å²) in [5, 5.41) is 12.4. The molecule has 164 valence electrons. The zero-order valence-corrected chi connectivity index (χ0v) is 18.3. The number of ether oxygens (including phenoxy) is 1. The summed E-state index contributed by atoms with van der Waals surface area (Å²) in [4.78, 5) is 0. The maximum absolute atomic E-state index is 6.56. The fourth-order valence-corrected chi connectivity index (χ4v) is 4.97. The smallest absolute Gasteiger partial charge is 0.213 e. The molecule has 0 fully saturated rings. The van der Waals surface area contributed by atoms with Crippen molar-refractivity contribution < 1.29 is 9.26 Å². The predicted molar refractivity (Wildman–Crippen MR) is 131 cm³/mol. The van der Waals surface area contributed by atoms with Gasteiger partial charge in [0.25, 0.3) is 0 Å². The van der Waals surface area contributed by atoms with Crippen LogP contribution >= 0.6 is 0 Å². The van der Waals surface area contributed by atoms with E-state index in [1.165, 1.54) is 5.56 Å². The molecule has 0 bridgehead atoms. The number of fused-ring (bicyclic) bond motifs is 4. The molecule has 0 aliphatic carbocycles. The lowest BCUT2D eigenvalue weighted by Crippen LogP contribution is -2.33. The fourth-order valence-electron chi connectivity index (χ4n) is 4.97. The molecule has 0 amide bonds. The molecule has 2 aliphatic rings. The van der Waals surface area contributed by atoms with E-state index in [0.29, 0.717) is 0 Å². The normalized spacial score (nSPS) is 18.8. The van der Waals surface area contributed by atoms with E-state index in [1.807, 2.05) is 54.6 Å². The summed E-state index contributed by atoms with van der Waals surface area (Å²) in [6.07, 6.45) is 0.495. The first kappa shape index (κ1) is 19.1. The molecule has 34 heavy (non-hydrogen) atoms.